The maximum absolute atomic E-state index is 5.06. The van der Waals surface area contributed by atoms with Gasteiger partial charge in [-0.2, -0.15) is 11.8 Å². The van der Waals surface area contributed by atoms with Crippen molar-refractivity contribution in [2.24, 2.45) is 5.92 Å². The zero-order valence-corrected chi connectivity index (χ0v) is 10.9. The molecule has 0 aromatic heterocycles. The fourth-order valence-electron chi connectivity index (χ4n) is 2.34. The molecule has 0 spiro atoms. The molecule has 0 bridgehead atoms. The number of ether oxygens (including phenoxy) is 1. The molecule has 0 radical (unpaired) electrons. The lowest BCUT2D eigenvalue weighted by Gasteiger charge is -2.29. The van der Waals surface area contributed by atoms with Crippen LogP contribution in [0.5, 0.6) is 0 Å². The molecule has 1 saturated carbocycles. The molecule has 0 aliphatic heterocycles. The van der Waals surface area contributed by atoms with E-state index < -0.39 is 0 Å². The molecule has 0 amide bonds. The lowest BCUT2D eigenvalue weighted by molar-refractivity contribution is 0.218. The third kappa shape index (κ3) is 5.23. The van der Waals surface area contributed by atoms with Gasteiger partial charge < -0.3 is 10.1 Å². The molecule has 0 aromatic rings. The van der Waals surface area contributed by atoms with E-state index in [-0.39, 0.29) is 0 Å². The lowest BCUT2D eigenvalue weighted by Crippen LogP contribution is -2.37. The fourth-order valence-corrected chi connectivity index (χ4v) is 3.49. The van der Waals surface area contributed by atoms with E-state index in [2.05, 4.69) is 12.4 Å². The van der Waals surface area contributed by atoms with Crippen LogP contribution in [-0.4, -0.2) is 38.3 Å². The first-order chi connectivity index (χ1) is 7.38. The SMILES string of the molecule is CNC(CSCCOC)C1CCCCC1. The van der Waals surface area contributed by atoms with Crippen molar-refractivity contribution in [2.75, 3.05) is 32.3 Å². The van der Waals surface area contributed by atoms with E-state index in [1.807, 2.05) is 11.8 Å². The van der Waals surface area contributed by atoms with E-state index in [9.17, 15) is 0 Å². The van der Waals surface area contributed by atoms with Crippen LogP contribution >= 0.6 is 11.8 Å². The number of rotatable bonds is 7. The van der Waals surface area contributed by atoms with Crippen LogP contribution in [0.25, 0.3) is 0 Å². The van der Waals surface area contributed by atoms with E-state index in [4.69, 9.17) is 4.74 Å². The van der Waals surface area contributed by atoms with Crippen molar-refractivity contribution in [1.82, 2.24) is 5.32 Å². The molecular formula is C12H25NOS. The Hall–Kier alpha value is 0.270. The number of methoxy groups -OCH3 is 1. The van der Waals surface area contributed by atoms with Gasteiger partial charge in [-0.25, -0.2) is 0 Å². The highest BCUT2D eigenvalue weighted by Gasteiger charge is 2.21. The molecule has 1 aliphatic rings. The standard InChI is InChI=1S/C12H25NOS/c1-13-12(10-15-9-8-14-2)11-6-4-3-5-7-11/h11-13H,3-10H2,1-2H3. The van der Waals surface area contributed by atoms with Gasteiger partial charge in [-0.1, -0.05) is 19.3 Å². The fraction of sp³-hybridized carbons (Fsp3) is 1.00. The topological polar surface area (TPSA) is 21.3 Å². The average molecular weight is 231 g/mol. The highest BCUT2D eigenvalue weighted by atomic mass is 32.2. The van der Waals surface area contributed by atoms with Gasteiger partial charge in [-0.15, -0.1) is 0 Å². The average Bonchev–Trinajstić information content (AvgIpc) is 2.30. The van der Waals surface area contributed by atoms with Gasteiger partial charge in [0.1, 0.15) is 0 Å². The van der Waals surface area contributed by atoms with Gasteiger partial charge in [-0.05, 0) is 25.8 Å². The van der Waals surface area contributed by atoms with Crippen LogP contribution in [0.15, 0.2) is 0 Å². The van der Waals surface area contributed by atoms with Gasteiger partial charge in [0.05, 0.1) is 6.61 Å². The van der Waals surface area contributed by atoms with Gasteiger partial charge in [-0.3, -0.25) is 0 Å². The third-order valence-electron chi connectivity index (χ3n) is 3.32. The summed E-state index contributed by atoms with van der Waals surface area (Å²) in [5.41, 5.74) is 0. The summed E-state index contributed by atoms with van der Waals surface area (Å²) in [5, 5.41) is 3.49. The summed E-state index contributed by atoms with van der Waals surface area (Å²) in [6.07, 6.45) is 7.17. The van der Waals surface area contributed by atoms with Crippen molar-refractivity contribution in [1.29, 1.82) is 0 Å². The Kier molecular flexibility index (Phi) is 7.49. The molecule has 1 rings (SSSR count). The van der Waals surface area contributed by atoms with Crippen molar-refractivity contribution in [2.45, 2.75) is 38.1 Å². The lowest BCUT2D eigenvalue weighted by atomic mass is 9.84. The maximum atomic E-state index is 5.06. The van der Waals surface area contributed by atoms with Crippen LogP contribution in [0, 0.1) is 5.92 Å². The number of hydrogen-bond acceptors (Lipinski definition) is 3. The van der Waals surface area contributed by atoms with Crippen LogP contribution in [0.4, 0.5) is 0 Å². The zero-order valence-electron chi connectivity index (χ0n) is 10.1. The minimum atomic E-state index is 0.715. The van der Waals surface area contributed by atoms with Crippen molar-refractivity contribution in [3.05, 3.63) is 0 Å². The monoisotopic (exact) mass is 231 g/mol. The normalized spacial score (nSPS) is 20.4. The molecule has 1 atom stereocenters. The molecule has 2 nitrogen and oxygen atoms in total. The Labute approximate surface area is 98.5 Å². The van der Waals surface area contributed by atoms with E-state index in [1.165, 1.54) is 37.9 Å². The van der Waals surface area contributed by atoms with Crippen LogP contribution in [0.1, 0.15) is 32.1 Å². The Morgan fingerprint density at radius 2 is 2.07 bits per heavy atom. The minimum absolute atomic E-state index is 0.715. The molecule has 1 aliphatic carbocycles. The second-order valence-corrected chi connectivity index (χ2v) is 5.51. The molecule has 1 unspecified atom stereocenters. The predicted octanol–water partition coefficient (Wildman–Crippen LogP) is 2.53. The summed E-state index contributed by atoms with van der Waals surface area (Å²) >= 11 is 2.02. The molecule has 3 heteroatoms. The summed E-state index contributed by atoms with van der Waals surface area (Å²) in [7, 11) is 3.88. The molecule has 90 valence electrons. The van der Waals surface area contributed by atoms with Crippen molar-refractivity contribution in [3.63, 3.8) is 0 Å². The summed E-state index contributed by atoms with van der Waals surface area (Å²) in [6.45, 7) is 0.881. The van der Waals surface area contributed by atoms with E-state index in [0.717, 1.165) is 18.3 Å². The predicted molar refractivity (Wildman–Crippen MR) is 68.6 cm³/mol. The van der Waals surface area contributed by atoms with E-state index >= 15 is 0 Å². The van der Waals surface area contributed by atoms with Gasteiger partial charge >= 0.3 is 0 Å². The number of nitrogens with one attached hydrogen (secondary N) is 1. The maximum Gasteiger partial charge on any atom is 0.0552 e. The summed E-state index contributed by atoms with van der Waals surface area (Å²) < 4.78 is 5.06. The third-order valence-corrected chi connectivity index (χ3v) is 4.37. The summed E-state index contributed by atoms with van der Waals surface area (Å²) in [4.78, 5) is 0. The Balaban J connectivity index is 2.15. The van der Waals surface area contributed by atoms with E-state index in [0.29, 0.717) is 6.04 Å². The summed E-state index contributed by atoms with van der Waals surface area (Å²) in [5.74, 6) is 3.28. The van der Waals surface area contributed by atoms with Crippen molar-refractivity contribution >= 4 is 11.8 Å². The minimum Gasteiger partial charge on any atom is -0.384 e. The first-order valence-electron chi connectivity index (χ1n) is 6.12. The smallest absolute Gasteiger partial charge is 0.0552 e. The van der Waals surface area contributed by atoms with Gasteiger partial charge in [0.2, 0.25) is 0 Å². The Morgan fingerprint density at radius 3 is 2.67 bits per heavy atom. The number of thioether (sulfide) groups is 1. The van der Waals surface area contributed by atoms with Crippen molar-refractivity contribution in [3.8, 4) is 0 Å². The summed E-state index contributed by atoms with van der Waals surface area (Å²) in [6, 6.07) is 0.715. The quantitative estimate of drug-likeness (QED) is 0.680. The van der Waals surface area contributed by atoms with Gasteiger partial charge in [0, 0.05) is 24.7 Å². The van der Waals surface area contributed by atoms with Crippen LogP contribution < -0.4 is 5.32 Å². The largest absolute Gasteiger partial charge is 0.384 e. The molecule has 0 saturated heterocycles. The zero-order chi connectivity index (χ0) is 10.9. The molecular weight excluding hydrogens is 206 g/mol. The molecule has 15 heavy (non-hydrogen) atoms. The first kappa shape index (κ1) is 13.3. The second kappa shape index (κ2) is 8.43. The van der Waals surface area contributed by atoms with Crippen LogP contribution in [-0.2, 0) is 4.74 Å². The Bertz CT molecular complexity index is 149. The molecule has 0 heterocycles. The number of hydrogen-bond donors (Lipinski definition) is 1. The molecule has 0 aromatic carbocycles. The van der Waals surface area contributed by atoms with Gasteiger partial charge in [0.25, 0.3) is 0 Å². The van der Waals surface area contributed by atoms with E-state index in [1.54, 1.807) is 7.11 Å². The molecule has 1 N–H and O–H groups in total. The highest BCUT2D eigenvalue weighted by molar-refractivity contribution is 7.99. The highest BCUT2D eigenvalue weighted by Crippen LogP contribution is 2.27. The second-order valence-electron chi connectivity index (χ2n) is 4.36. The Morgan fingerprint density at radius 1 is 1.33 bits per heavy atom. The first-order valence-corrected chi connectivity index (χ1v) is 7.28. The molecule has 1 fully saturated rings. The van der Waals surface area contributed by atoms with Crippen molar-refractivity contribution < 1.29 is 4.74 Å². The van der Waals surface area contributed by atoms with Crippen LogP contribution in [0.3, 0.4) is 0 Å². The van der Waals surface area contributed by atoms with Gasteiger partial charge in [0.15, 0.2) is 0 Å². The van der Waals surface area contributed by atoms with Crippen LogP contribution in [0.2, 0.25) is 0 Å².